The minimum atomic E-state index is -0.256. The summed E-state index contributed by atoms with van der Waals surface area (Å²) in [6.45, 7) is 1.00. The van der Waals surface area contributed by atoms with Crippen LogP contribution in [0.15, 0.2) is 71.5 Å². The number of ether oxygens (including phenoxy) is 1. The summed E-state index contributed by atoms with van der Waals surface area (Å²) < 4.78 is 18.7. The number of H-pyrrole nitrogens is 2. The third kappa shape index (κ3) is 4.72. The topological polar surface area (TPSA) is 69.9 Å². The molecule has 1 aromatic heterocycles. The van der Waals surface area contributed by atoms with Crippen LogP contribution >= 0.6 is 0 Å². The first-order valence-corrected chi connectivity index (χ1v) is 8.58. The van der Waals surface area contributed by atoms with Gasteiger partial charge in [-0.1, -0.05) is 24.3 Å². The van der Waals surface area contributed by atoms with E-state index in [4.69, 9.17) is 4.74 Å². The lowest BCUT2D eigenvalue weighted by atomic mass is 10.2. The van der Waals surface area contributed by atoms with Gasteiger partial charge in [-0.15, -0.1) is 0 Å². The number of nitrogens with one attached hydrogen (secondary N) is 3. The lowest BCUT2D eigenvalue weighted by Gasteiger charge is -2.10. The van der Waals surface area contributed by atoms with E-state index in [1.807, 2.05) is 42.5 Å². The van der Waals surface area contributed by atoms with Crippen LogP contribution in [0, 0.1) is 5.82 Å². The first kappa shape index (κ1) is 19.5. The summed E-state index contributed by atoms with van der Waals surface area (Å²) in [5.74, 6) is 0.498. The van der Waals surface area contributed by atoms with Gasteiger partial charge in [-0.05, 0) is 53.6 Å². The summed E-state index contributed by atoms with van der Waals surface area (Å²) in [4.78, 5) is 16.8. The van der Waals surface area contributed by atoms with Crippen LogP contribution in [-0.2, 0) is 13.2 Å². The first-order valence-electron chi connectivity index (χ1n) is 8.58. The van der Waals surface area contributed by atoms with Crippen LogP contribution < -0.4 is 28.2 Å². The quantitative estimate of drug-likeness (QED) is 0.457. The number of benzene rings is 3. The summed E-state index contributed by atoms with van der Waals surface area (Å²) >= 11 is 0. The van der Waals surface area contributed by atoms with Gasteiger partial charge in [-0.25, -0.2) is 9.18 Å². The molecule has 7 heteroatoms. The van der Waals surface area contributed by atoms with Crippen LogP contribution in [-0.4, -0.2) is 9.97 Å². The van der Waals surface area contributed by atoms with Crippen LogP contribution in [0.1, 0.15) is 11.1 Å². The Hall–Kier alpha value is -3.25. The molecule has 5 nitrogen and oxygen atoms in total. The fourth-order valence-corrected chi connectivity index (χ4v) is 2.84. The number of fused-ring (bicyclic) bond motifs is 1. The molecule has 144 valence electrons. The predicted molar refractivity (Wildman–Crippen MR) is 103 cm³/mol. The van der Waals surface area contributed by atoms with E-state index in [2.05, 4.69) is 15.3 Å². The third-order valence-corrected chi connectivity index (χ3v) is 4.23. The number of hydrogen-bond donors (Lipinski definition) is 3. The van der Waals surface area contributed by atoms with Crippen LogP contribution in [0.2, 0.25) is 0 Å². The zero-order chi connectivity index (χ0) is 18.6. The molecule has 0 unspecified atom stereocenters. The van der Waals surface area contributed by atoms with E-state index in [-0.39, 0.29) is 23.9 Å². The molecular formula is C21H18ClFN3O2-. The number of anilines is 1. The van der Waals surface area contributed by atoms with Crippen molar-refractivity contribution in [2.24, 2.45) is 0 Å². The number of aromatic amines is 2. The van der Waals surface area contributed by atoms with Gasteiger partial charge in [0.15, 0.2) is 0 Å². The Labute approximate surface area is 167 Å². The number of aromatic nitrogens is 2. The molecule has 0 aliphatic rings. The molecule has 0 saturated heterocycles. The van der Waals surface area contributed by atoms with E-state index in [1.165, 1.54) is 12.1 Å². The molecule has 3 N–H and O–H groups in total. The lowest BCUT2D eigenvalue weighted by Crippen LogP contribution is -3.00. The Morgan fingerprint density at radius 3 is 2.50 bits per heavy atom. The average Bonchev–Trinajstić information content (AvgIpc) is 3.05. The van der Waals surface area contributed by atoms with E-state index in [0.717, 1.165) is 33.6 Å². The molecule has 0 aliphatic heterocycles. The van der Waals surface area contributed by atoms with Crippen molar-refractivity contribution >= 4 is 16.7 Å². The molecule has 28 heavy (non-hydrogen) atoms. The van der Waals surface area contributed by atoms with Crippen molar-refractivity contribution in [3.63, 3.8) is 0 Å². The maximum absolute atomic E-state index is 12.9. The molecule has 4 rings (SSSR count). The van der Waals surface area contributed by atoms with Gasteiger partial charge in [-0.2, -0.15) is 0 Å². The Bertz CT molecular complexity index is 1120. The molecule has 0 amide bonds. The Morgan fingerprint density at radius 2 is 1.68 bits per heavy atom. The summed E-state index contributed by atoms with van der Waals surface area (Å²) in [5.41, 5.74) is 4.22. The van der Waals surface area contributed by atoms with Gasteiger partial charge >= 0.3 is 5.69 Å². The smallest absolute Gasteiger partial charge is 0.323 e. The molecule has 0 bridgehead atoms. The fraction of sp³-hybridized carbons (Fsp3) is 0.0952. The van der Waals surface area contributed by atoms with Gasteiger partial charge in [0.05, 0.1) is 11.0 Å². The summed E-state index contributed by atoms with van der Waals surface area (Å²) in [6, 6.07) is 19.7. The molecule has 3 aromatic carbocycles. The molecule has 0 aliphatic carbocycles. The van der Waals surface area contributed by atoms with E-state index in [0.29, 0.717) is 13.2 Å². The second kappa shape index (κ2) is 8.63. The number of imidazole rings is 1. The number of halogens is 2. The Morgan fingerprint density at radius 1 is 0.893 bits per heavy atom. The normalized spacial score (nSPS) is 10.5. The van der Waals surface area contributed by atoms with Crippen molar-refractivity contribution < 1.29 is 21.5 Å². The Kier molecular flexibility index (Phi) is 6.01. The van der Waals surface area contributed by atoms with Gasteiger partial charge in [0.25, 0.3) is 0 Å². The van der Waals surface area contributed by atoms with Crippen molar-refractivity contribution in [3.8, 4) is 5.75 Å². The van der Waals surface area contributed by atoms with Crippen LogP contribution in [0.5, 0.6) is 5.75 Å². The minimum Gasteiger partial charge on any atom is -1.00 e. The average molecular weight is 399 g/mol. The van der Waals surface area contributed by atoms with Crippen LogP contribution in [0.25, 0.3) is 11.0 Å². The molecule has 0 spiro atoms. The highest BCUT2D eigenvalue weighted by Gasteiger charge is 2.02. The lowest BCUT2D eigenvalue weighted by molar-refractivity contribution is -0.00000655. The molecule has 4 aromatic rings. The fourth-order valence-electron chi connectivity index (χ4n) is 2.84. The molecule has 0 radical (unpaired) electrons. The maximum atomic E-state index is 12.9. The van der Waals surface area contributed by atoms with Crippen molar-refractivity contribution in [1.82, 2.24) is 9.97 Å². The minimum absolute atomic E-state index is 0. The predicted octanol–water partition coefficient (Wildman–Crippen LogP) is 1.19. The summed E-state index contributed by atoms with van der Waals surface area (Å²) in [6.07, 6.45) is 0. The largest absolute Gasteiger partial charge is 1.00 e. The van der Waals surface area contributed by atoms with E-state index in [9.17, 15) is 9.18 Å². The van der Waals surface area contributed by atoms with Crippen molar-refractivity contribution in [2.45, 2.75) is 13.2 Å². The highest BCUT2D eigenvalue weighted by Crippen LogP contribution is 2.18. The SMILES string of the molecule is O=c1[nH]c2ccc(NCc3cccc(OCc4ccc(F)cc4)c3)cc2[nH]1.[Cl-]. The van der Waals surface area contributed by atoms with Crippen molar-refractivity contribution in [3.05, 3.63) is 94.2 Å². The zero-order valence-corrected chi connectivity index (χ0v) is 15.6. The van der Waals surface area contributed by atoms with Crippen LogP contribution in [0.4, 0.5) is 10.1 Å². The van der Waals surface area contributed by atoms with Crippen molar-refractivity contribution in [1.29, 1.82) is 0 Å². The number of hydrogen-bond acceptors (Lipinski definition) is 3. The van der Waals surface area contributed by atoms with Gasteiger partial charge in [0.1, 0.15) is 18.2 Å². The van der Waals surface area contributed by atoms with Crippen LogP contribution in [0.3, 0.4) is 0 Å². The van der Waals surface area contributed by atoms with Crippen molar-refractivity contribution in [2.75, 3.05) is 5.32 Å². The zero-order valence-electron chi connectivity index (χ0n) is 14.8. The highest BCUT2D eigenvalue weighted by molar-refractivity contribution is 5.78. The molecule has 0 saturated carbocycles. The van der Waals surface area contributed by atoms with Gasteiger partial charge in [0, 0.05) is 12.2 Å². The summed E-state index contributed by atoms with van der Waals surface area (Å²) in [5, 5.41) is 3.34. The number of rotatable bonds is 6. The summed E-state index contributed by atoms with van der Waals surface area (Å²) in [7, 11) is 0. The van der Waals surface area contributed by atoms with Gasteiger partial charge in [0.2, 0.25) is 0 Å². The second-order valence-electron chi connectivity index (χ2n) is 6.26. The molecule has 0 fully saturated rings. The van der Waals surface area contributed by atoms with Gasteiger partial charge in [-0.3, -0.25) is 0 Å². The monoisotopic (exact) mass is 398 g/mol. The third-order valence-electron chi connectivity index (χ3n) is 4.23. The first-order chi connectivity index (χ1) is 13.2. The molecular weight excluding hydrogens is 381 g/mol. The Balaban J connectivity index is 0.00000225. The van der Waals surface area contributed by atoms with E-state index in [1.54, 1.807) is 12.1 Å². The molecule has 0 atom stereocenters. The standard InChI is InChI=1S/C21H18FN3O2.ClH/c22-16-6-4-14(5-7-16)13-27-18-3-1-2-15(10-18)12-23-17-8-9-19-20(11-17)25-21(26)24-19;/h1-11,23H,12-13H2,(H2,24,25,26);1H/p-1. The molecule has 1 heterocycles. The van der Waals surface area contributed by atoms with E-state index >= 15 is 0 Å². The van der Waals surface area contributed by atoms with Gasteiger partial charge < -0.3 is 32.4 Å². The maximum Gasteiger partial charge on any atom is 0.323 e. The van der Waals surface area contributed by atoms with E-state index < -0.39 is 0 Å². The highest BCUT2D eigenvalue weighted by atomic mass is 35.5. The second-order valence-corrected chi connectivity index (χ2v) is 6.26.